The molecule has 0 aliphatic heterocycles. The van der Waals surface area contributed by atoms with Gasteiger partial charge in [-0.3, -0.25) is 4.79 Å². The van der Waals surface area contributed by atoms with E-state index in [1.165, 1.54) is 17.8 Å². The Balaban J connectivity index is 1.96. The lowest BCUT2D eigenvalue weighted by molar-refractivity contribution is 0.590. The first kappa shape index (κ1) is 19.8. The van der Waals surface area contributed by atoms with Crippen LogP contribution in [-0.4, -0.2) is 9.97 Å². The van der Waals surface area contributed by atoms with Crippen LogP contribution in [0.3, 0.4) is 0 Å². The van der Waals surface area contributed by atoms with Crippen LogP contribution in [0.4, 0.5) is 4.39 Å². The molecular formula is C22H20FN3OS. The van der Waals surface area contributed by atoms with E-state index in [0.29, 0.717) is 27.7 Å². The molecule has 0 amide bonds. The largest absolute Gasteiger partial charge is 0.300 e. The van der Waals surface area contributed by atoms with Crippen molar-refractivity contribution in [2.24, 2.45) is 0 Å². The zero-order valence-corrected chi connectivity index (χ0v) is 16.7. The van der Waals surface area contributed by atoms with Gasteiger partial charge in [-0.15, -0.1) is 0 Å². The fourth-order valence-corrected chi connectivity index (χ4v) is 3.57. The predicted molar refractivity (Wildman–Crippen MR) is 110 cm³/mol. The Hall–Kier alpha value is -2.91. The van der Waals surface area contributed by atoms with Crippen LogP contribution in [0, 0.1) is 17.1 Å². The number of nitrogens with zero attached hydrogens (tertiary/aromatic N) is 2. The van der Waals surface area contributed by atoms with Gasteiger partial charge in [0.15, 0.2) is 5.16 Å². The van der Waals surface area contributed by atoms with Gasteiger partial charge in [-0.2, -0.15) is 5.26 Å². The van der Waals surface area contributed by atoms with Crippen molar-refractivity contribution in [3.63, 3.8) is 0 Å². The minimum absolute atomic E-state index is 0.00105. The summed E-state index contributed by atoms with van der Waals surface area (Å²) in [6.45, 7) is 6.35. The van der Waals surface area contributed by atoms with Crippen LogP contribution in [0.2, 0.25) is 0 Å². The molecule has 142 valence electrons. The molecule has 6 heteroatoms. The van der Waals surface area contributed by atoms with Crippen molar-refractivity contribution < 1.29 is 4.39 Å². The lowest BCUT2D eigenvalue weighted by atomic mass is 9.86. The van der Waals surface area contributed by atoms with E-state index in [1.807, 2.05) is 30.3 Å². The minimum atomic E-state index is -0.497. The van der Waals surface area contributed by atoms with Gasteiger partial charge in [-0.25, -0.2) is 9.37 Å². The molecular weight excluding hydrogens is 373 g/mol. The second kappa shape index (κ2) is 7.99. The first-order valence-electron chi connectivity index (χ1n) is 8.81. The summed E-state index contributed by atoms with van der Waals surface area (Å²) in [4.78, 5) is 19.5. The fourth-order valence-electron chi connectivity index (χ4n) is 2.72. The molecule has 1 N–H and O–H groups in total. The fraction of sp³-hybridized carbons (Fsp3) is 0.227. The Morgan fingerprint density at radius 3 is 2.43 bits per heavy atom. The normalized spacial score (nSPS) is 11.2. The van der Waals surface area contributed by atoms with Gasteiger partial charge < -0.3 is 4.98 Å². The number of thioether (sulfide) groups is 1. The van der Waals surface area contributed by atoms with E-state index in [4.69, 9.17) is 0 Å². The molecule has 1 aromatic heterocycles. The van der Waals surface area contributed by atoms with Gasteiger partial charge >= 0.3 is 0 Å². The van der Waals surface area contributed by atoms with Crippen molar-refractivity contribution in [1.29, 1.82) is 5.26 Å². The molecule has 0 bridgehead atoms. The molecule has 1 heterocycles. The smallest absolute Gasteiger partial charge is 0.270 e. The van der Waals surface area contributed by atoms with Crippen molar-refractivity contribution >= 4 is 11.8 Å². The number of aromatic amines is 1. The standard InChI is InChI=1S/C22H20FN3OS/c1-22(2,3)16-10-8-14(9-11-16)19-17(12-24)20(27)26-21(25-19)28-13-15-6-4-5-7-18(15)23/h4-11H,13H2,1-3H3,(H,25,26,27). The Kier molecular flexibility index (Phi) is 5.66. The maximum Gasteiger partial charge on any atom is 0.270 e. The maximum absolute atomic E-state index is 13.8. The van der Waals surface area contributed by atoms with E-state index in [0.717, 1.165) is 5.56 Å². The molecule has 0 aliphatic carbocycles. The molecule has 2 aromatic carbocycles. The number of halogens is 1. The molecule has 0 saturated carbocycles. The SMILES string of the molecule is CC(C)(C)c1ccc(-c2nc(SCc3ccccc3F)[nH]c(=O)c2C#N)cc1. The van der Waals surface area contributed by atoms with Crippen molar-refractivity contribution in [3.8, 4) is 17.3 Å². The topological polar surface area (TPSA) is 69.5 Å². The highest BCUT2D eigenvalue weighted by Gasteiger charge is 2.17. The number of nitriles is 1. The van der Waals surface area contributed by atoms with Crippen LogP contribution in [0.25, 0.3) is 11.3 Å². The molecule has 0 saturated heterocycles. The summed E-state index contributed by atoms with van der Waals surface area (Å²) >= 11 is 1.22. The molecule has 4 nitrogen and oxygen atoms in total. The van der Waals surface area contributed by atoms with Gasteiger partial charge in [0.05, 0.1) is 5.69 Å². The van der Waals surface area contributed by atoms with Crippen LogP contribution >= 0.6 is 11.8 Å². The first-order chi connectivity index (χ1) is 13.3. The summed E-state index contributed by atoms with van der Waals surface area (Å²) in [5.41, 5.74) is 2.18. The maximum atomic E-state index is 13.8. The van der Waals surface area contributed by atoms with Crippen LogP contribution in [0.1, 0.15) is 37.5 Å². The highest BCUT2D eigenvalue weighted by atomic mass is 32.2. The van der Waals surface area contributed by atoms with Gasteiger partial charge in [-0.1, -0.05) is 75.0 Å². The molecule has 3 aromatic rings. The van der Waals surface area contributed by atoms with Gasteiger partial charge in [0.2, 0.25) is 0 Å². The Morgan fingerprint density at radius 1 is 1.14 bits per heavy atom. The Bertz CT molecular complexity index is 1090. The number of benzene rings is 2. The summed E-state index contributed by atoms with van der Waals surface area (Å²) in [5, 5.41) is 9.76. The van der Waals surface area contributed by atoms with Gasteiger partial charge in [0, 0.05) is 11.3 Å². The van der Waals surface area contributed by atoms with E-state index in [2.05, 4.69) is 30.7 Å². The zero-order valence-electron chi connectivity index (χ0n) is 15.9. The van der Waals surface area contributed by atoms with E-state index in [1.54, 1.807) is 18.2 Å². The number of rotatable bonds is 4. The number of nitrogens with one attached hydrogen (secondary N) is 1. The third kappa shape index (κ3) is 4.32. The number of aromatic nitrogens is 2. The predicted octanol–water partition coefficient (Wildman–Crippen LogP) is 5.04. The van der Waals surface area contributed by atoms with E-state index >= 15 is 0 Å². The van der Waals surface area contributed by atoms with Crippen molar-refractivity contribution in [2.45, 2.75) is 37.1 Å². The third-order valence-electron chi connectivity index (χ3n) is 4.36. The second-order valence-electron chi connectivity index (χ2n) is 7.41. The summed E-state index contributed by atoms with van der Waals surface area (Å²) in [7, 11) is 0. The molecule has 0 atom stereocenters. The molecule has 0 radical (unpaired) electrons. The minimum Gasteiger partial charge on any atom is -0.300 e. The van der Waals surface area contributed by atoms with Crippen molar-refractivity contribution in [3.05, 3.63) is 81.4 Å². The molecule has 0 fully saturated rings. The lowest BCUT2D eigenvalue weighted by Crippen LogP contribution is -2.15. The number of hydrogen-bond acceptors (Lipinski definition) is 4. The second-order valence-corrected chi connectivity index (χ2v) is 8.38. The highest BCUT2D eigenvalue weighted by molar-refractivity contribution is 7.98. The van der Waals surface area contributed by atoms with Gasteiger partial charge in [-0.05, 0) is 22.6 Å². The van der Waals surface area contributed by atoms with Crippen molar-refractivity contribution in [1.82, 2.24) is 9.97 Å². The van der Waals surface area contributed by atoms with Crippen LogP contribution < -0.4 is 5.56 Å². The van der Waals surface area contributed by atoms with Crippen LogP contribution in [-0.2, 0) is 11.2 Å². The molecule has 0 unspecified atom stereocenters. The lowest BCUT2D eigenvalue weighted by Gasteiger charge is -2.19. The zero-order chi connectivity index (χ0) is 20.3. The number of hydrogen-bond donors (Lipinski definition) is 1. The van der Waals surface area contributed by atoms with E-state index in [-0.39, 0.29) is 16.8 Å². The Morgan fingerprint density at radius 2 is 1.82 bits per heavy atom. The monoisotopic (exact) mass is 393 g/mol. The average Bonchev–Trinajstić information content (AvgIpc) is 2.66. The Labute approximate surface area is 167 Å². The molecule has 28 heavy (non-hydrogen) atoms. The summed E-state index contributed by atoms with van der Waals surface area (Å²) < 4.78 is 13.8. The highest BCUT2D eigenvalue weighted by Crippen LogP contribution is 2.28. The number of H-pyrrole nitrogens is 1. The van der Waals surface area contributed by atoms with Gasteiger partial charge in [0.25, 0.3) is 5.56 Å². The molecule has 3 rings (SSSR count). The van der Waals surface area contributed by atoms with Crippen LogP contribution in [0.5, 0.6) is 0 Å². The van der Waals surface area contributed by atoms with E-state index < -0.39 is 5.56 Å². The first-order valence-corrected chi connectivity index (χ1v) is 9.79. The quantitative estimate of drug-likeness (QED) is 0.498. The summed E-state index contributed by atoms with van der Waals surface area (Å²) in [6, 6.07) is 16.1. The van der Waals surface area contributed by atoms with Gasteiger partial charge in [0.1, 0.15) is 17.4 Å². The summed E-state index contributed by atoms with van der Waals surface area (Å²) in [5.74, 6) is 0.0215. The van der Waals surface area contributed by atoms with Crippen LogP contribution in [0.15, 0.2) is 58.5 Å². The average molecular weight is 393 g/mol. The third-order valence-corrected chi connectivity index (χ3v) is 5.28. The van der Waals surface area contributed by atoms with E-state index in [9.17, 15) is 14.4 Å². The summed E-state index contributed by atoms with van der Waals surface area (Å²) in [6.07, 6.45) is 0. The van der Waals surface area contributed by atoms with Crippen molar-refractivity contribution in [2.75, 3.05) is 0 Å². The molecule has 0 spiro atoms. The molecule has 0 aliphatic rings.